The zero-order valence-electron chi connectivity index (χ0n) is 10.0. The summed E-state index contributed by atoms with van der Waals surface area (Å²) in [5.41, 5.74) is 2.28. The van der Waals surface area contributed by atoms with Crippen LogP contribution < -0.4 is 0 Å². The minimum atomic E-state index is -1.04. The number of aromatic hydroxyl groups is 1. The fourth-order valence-corrected chi connectivity index (χ4v) is 3.54. The Hall–Kier alpha value is -1.02. The normalized spacial score (nSPS) is 12.9. The highest BCUT2D eigenvalue weighted by Crippen LogP contribution is 2.22. The molecule has 1 aromatic rings. The van der Waals surface area contributed by atoms with E-state index < -0.39 is 8.07 Å². The lowest BCUT2D eigenvalue weighted by Crippen LogP contribution is -2.19. The summed E-state index contributed by atoms with van der Waals surface area (Å²) in [6.07, 6.45) is 2.09. The fourth-order valence-electron chi connectivity index (χ4n) is 1.76. The van der Waals surface area contributed by atoms with Crippen LogP contribution in [0.2, 0.25) is 25.7 Å². The van der Waals surface area contributed by atoms with E-state index in [4.69, 9.17) is 0 Å². The molecular formula is C13H20OSi. The van der Waals surface area contributed by atoms with Gasteiger partial charge in [-0.3, -0.25) is 0 Å². The van der Waals surface area contributed by atoms with Crippen LogP contribution in [-0.2, 0) is 0 Å². The van der Waals surface area contributed by atoms with Crippen molar-refractivity contribution < 1.29 is 5.11 Å². The van der Waals surface area contributed by atoms with Crippen molar-refractivity contribution in [1.82, 2.24) is 0 Å². The first-order valence-electron chi connectivity index (χ1n) is 5.34. The average molecular weight is 220 g/mol. The van der Waals surface area contributed by atoms with Crippen LogP contribution >= 0.6 is 0 Å². The molecule has 1 aromatic carbocycles. The van der Waals surface area contributed by atoms with Crippen molar-refractivity contribution in [2.45, 2.75) is 32.6 Å². The van der Waals surface area contributed by atoms with Gasteiger partial charge in [-0.1, -0.05) is 49.5 Å². The second kappa shape index (κ2) is 4.66. The molecule has 1 nitrogen and oxygen atoms in total. The lowest BCUT2D eigenvalue weighted by atomic mass is 10.1. The first-order chi connectivity index (χ1) is 6.88. The van der Waals surface area contributed by atoms with Gasteiger partial charge in [0.2, 0.25) is 0 Å². The average Bonchev–Trinajstić information content (AvgIpc) is 2.05. The van der Waals surface area contributed by atoms with Crippen molar-refractivity contribution in [3.8, 4) is 5.75 Å². The molecule has 0 atom stereocenters. The third kappa shape index (κ3) is 4.34. The Bertz CT molecular complexity index is 361. The van der Waals surface area contributed by atoms with E-state index in [-0.39, 0.29) is 0 Å². The Morgan fingerprint density at radius 2 is 1.87 bits per heavy atom. The summed E-state index contributed by atoms with van der Waals surface area (Å²) in [4.78, 5) is 0. The summed E-state index contributed by atoms with van der Waals surface area (Å²) < 4.78 is 0. The van der Waals surface area contributed by atoms with Gasteiger partial charge in [0.05, 0.1) is 0 Å². The Morgan fingerprint density at radius 3 is 2.40 bits per heavy atom. The minimum Gasteiger partial charge on any atom is -0.507 e. The Balaban J connectivity index is 2.84. The fraction of sp³-hybridized carbons (Fsp3) is 0.385. The maximum Gasteiger partial charge on any atom is 0.122 e. The monoisotopic (exact) mass is 220 g/mol. The molecule has 0 aliphatic carbocycles. The predicted octanol–water partition coefficient (Wildman–Crippen LogP) is 4.13. The predicted molar refractivity (Wildman–Crippen MR) is 69.9 cm³/mol. The zero-order chi connectivity index (χ0) is 11.5. The molecule has 15 heavy (non-hydrogen) atoms. The lowest BCUT2D eigenvalue weighted by molar-refractivity contribution is 0.474. The van der Waals surface area contributed by atoms with Crippen LogP contribution in [-0.4, -0.2) is 13.2 Å². The summed E-state index contributed by atoms with van der Waals surface area (Å²) in [6, 6.07) is 8.66. The van der Waals surface area contributed by atoms with E-state index in [1.54, 1.807) is 6.07 Å². The van der Waals surface area contributed by atoms with Gasteiger partial charge in [-0.05, 0) is 19.0 Å². The zero-order valence-corrected chi connectivity index (χ0v) is 11.0. The van der Waals surface area contributed by atoms with Crippen molar-refractivity contribution >= 4 is 14.1 Å². The van der Waals surface area contributed by atoms with Crippen LogP contribution in [0.15, 0.2) is 29.8 Å². The van der Waals surface area contributed by atoms with Gasteiger partial charge in [-0.15, -0.1) is 0 Å². The summed E-state index contributed by atoms with van der Waals surface area (Å²) in [5.74, 6) is 0.368. The molecule has 2 heteroatoms. The SMILES string of the molecule is C/C(=C/c1ccccc1O)C[Si](C)(C)C. The third-order valence-corrected chi connectivity index (χ3v) is 3.77. The molecule has 0 aliphatic rings. The van der Waals surface area contributed by atoms with Crippen LogP contribution in [0, 0.1) is 0 Å². The molecule has 0 fully saturated rings. The molecule has 0 unspecified atom stereocenters. The third-order valence-electron chi connectivity index (χ3n) is 2.15. The standard InChI is InChI=1S/C13H20OSi/c1-11(10-15(2,3)4)9-12-7-5-6-8-13(12)14/h5-9,14H,10H2,1-4H3/b11-9-. The number of phenols is 1. The van der Waals surface area contributed by atoms with Crippen molar-refractivity contribution in [2.24, 2.45) is 0 Å². The molecule has 0 amide bonds. The first kappa shape index (κ1) is 12.0. The van der Waals surface area contributed by atoms with Gasteiger partial charge in [-0.25, -0.2) is 0 Å². The summed E-state index contributed by atoms with van der Waals surface area (Å²) in [5, 5.41) is 9.62. The highest BCUT2D eigenvalue weighted by Gasteiger charge is 2.13. The Labute approximate surface area is 93.5 Å². The van der Waals surface area contributed by atoms with E-state index in [1.807, 2.05) is 18.2 Å². The van der Waals surface area contributed by atoms with Crippen molar-refractivity contribution in [3.63, 3.8) is 0 Å². The van der Waals surface area contributed by atoms with Crippen LogP contribution in [0.5, 0.6) is 5.75 Å². The largest absolute Gasteiger partial charge is 0.507 e. The van der Waals surface area contributed by atoms with E-state index in [0.29, 0.717) is 5.75 Å². The molecule has 1 rings (SSSR count). The number of allylic oxidation sites excluding steroid dienone is 1. The Morgan fingerprint density at radius 1 is 1.27 bits per heavy atom. The topological polar surface area (TPSA) is 20.2 Å². The molecule has 0 aliphatic heterocycles. The maximum atomic E-state index is 9.62. The second-order valence-electron chi connectivity index (χ2n) is 5.29. The number of benzene rings is 1. The maximum absolute atomic E-state index is 9.62. The van der Waals surface area contributed by atoms with Gasteiger partial charge in [0.25, 0.3) is 0 Å². The molecule has 0 radical (unpaired) electrons. The number of hydrogen-bond acceptors (Lipinski definition) is 1. The highest BCUT2D eigenvalue weighted by atomic mass is 28.3. The second-order valence-corrected chi connectivity index (χ2v) is 10.8. The van der Waals surface area contributed by atoms with E-state index in [0.717, 1.165) is 5.56 Å². The number of para-hydroxylation sites is 1. The van der Waals surface area contributed by atoms with Crippen molar-refractivity contribution in [1.29, 1.82) is 0 Å². The van der Waals surface area contributed by atoms with Gasteiger partial charge in [0.15, 0.2) is 0 Å². The molecule has 0 heterocycles. The number of phenolic OH excluding ortho intramolecular Hbond substituents is 1. The smallest absolute Gasteiger partial charge is 0.122 e. The van der Waals surface area contributed by atoms with Gasteiger partial charge in [-0.2, -0.15) is 0 Å². The summed E-state index contributed by atoms with van der Waals surface area (Å²) in [6.45, 7) is 9.21. The van der Waals surface area contributed by atoms with Crippen LogP contribution in [0.1, 0.15) is 12.5 Å². The van der Waals surface area contributed by atoms with Gasteiger partial charge in [0.1, 0.15) is 5.75 Å². The molecule has 0 aromatic heterocycles. The molecule has 1 N–H and O–H groups in total. The van der Waals surface area contributed by atoms with Gasteiger partial charge >= 0.3 is 0 Å². The molecular weight excluding hydrogens is 200 g/mol. The number of rotatable bonds is 3. The van der Waals surface area contributed by atoms with E-state index in [2.05, 4.69) is 32.6 Å². The molecule has 82 valence electrons. The minimum absolute atomic E-state index is 0.368. The van der Waals surface area contributed by atoms with Crippen LogP contribution in [0.4, 0.5) is 0 Å². The molecule has 0 bridgehead atoms. The van der Waals surface area contributed by atoms with Gasteiger partial charge < -0.3 is 5.11 Å². The highest BCUT2D eigenvalue weighted by molar-refractivity contribution is 6.76. The van der Waals surface area contributed by atoms with Crippen molar-refractivity contribution in [2.75, 3.05) is 0 Å². The summed E-state index contributed by atoms with van der Waals surface area (Å²) >= 11 is 0. The van der Waals surface area contributed by atoms with Crippen molar-refractivity contribution in [3.05, 3.63) is 35.4 Å². The van der Waals surface area contributed by atoms with Gasteiger partial charge in [0, 0.05) is 13.6 Å². The van der Waals surface area contributed by atoms with Crippen LogP contribution in [0.25, 0.3) is 6.08 Å². The number of hydrogen-bond donors (Lipinski definition) is 1. The Kier molecular flexibility index (Phi) is 3.75. The van der Waals surface area contributed by atoms with E-state index in [1.165, 1.54) is 11.6 Å². The van der Waals surface area contributed by atoms with E-state index in [9.17, 15) is 5.11 Å². The molecule has 0 saturated heterocycles. The van der Waals surface area contributed by atoms with Crippen LogP contribution in [0.3, 0.4) is 0 Å². The lowest BCUT2D eigenvalue weighted by Gasteiger charge is -2.16. The first-order valence-corrected chi connectivity index (χ1v) is 9.04. The molecule has 0 saturated carbocycles. The molecule has 0 spiro atoms. The van der Waals surface area contributed by atoms with E-state index >= 15 is 0 Å². The quantitative estimate of drug-likeness (QED) is 0.759. The summed E-state index contributed by atoms with van der Waals surface area (Å²) in [7, 11) is -1.04.